The summed E-state index contributed by atoms with van der Waals surface area (Å²) in [6.07, 6.45) is 0.987. The largest absolute Gasteiger partial charge is 0.492 e. The highest BCUT2D eigenvalue weighted by atomic mass is 28.4. The van der Waals surface area contributed by atoms with E-state index in [-0.39, 0.29) is 18.6 Å². The molecule has 3 N–H and O–H groups in total. The maximum atomic E-state index is 11.6. The number of ether oxygens (including phenoxy) is 1. The Labute approximate surface area is 95.5 Å². The van der Waals surface area contributed by atoms with E-state index < -0.39 is 14.2 Å². The molecule has 0 saturated carbocycles. The summed E-state index contributed by atoms with van der Waals surface area (Å²) in [4.78, 5) is 24.1. The van der Waals surface area contributed by atoms with Crippen molar-refractivity contribution in [2.24, 2.45) is 5.41 Å². The lowest BCUT2D eigenvalue weighted by atomic mass is 9.91. The molecule has 5 nitrogen and oxygen atoms in total. The van der Waals surface area contributed by atoms with Crippen LogP contribution < -0.4 is 0 Å². The second kappa shape index (κ2) is 5.60. The van der Waals surface area contributed by atoms with E-state index in [1.54, 1.807) is 13.8 Å². The Hall–Kier alpha value is -0.433. The third-order valence-corrected chi connectivity index (χ3v) is 3.26. The minimum atomic E-state index is -3.53. The molecule has 6 heteroatoms. The minimum absolute atomic E-state index is 0.0728. The first-order valence-corrected chi connectivity index (χ1v) is 6.91. The molecule has 0 spiro atoms. The number of carbonyl (C=O) groups is 1. The third kappa shape index (κ3) is 6.61. The molecule has 0 bridgehead atoms. The summed E-state index contributed by atoms with van der Waals surface area (Å²) in [6.45, 7) is 5.60. The van der Waals surface area contributed by atoms with Crippen molar-refractivity contribution in [1.29, 1.82) is 4.29 Å². The molecule has 90 valence electrons. The van der Waals surface area contributed by atoms with Gasteiger partial charge in [0.25, 0.3) is 0 Å². The van der Waals surface area contributed by atoms with E-state index in [0.717, 1.165) is 0 Å². The minimum Gasteiger partial charge on any atom is -0.465 e. The molecule has 0 aliphatic heterocycles. The van der Waals surface area contributed by atoms with Crippen LogP contribution >= 0.6 is 0 Å². The lowest BCUT2D eigenvalue weighted by Crippen LogP contribution is -2.34. The van der Waals surface area contributed by atoms with Gasteiger partial charge >= 0.3 is 14.8 Å². The lowest BCUT2D eigenvalue weighted by molar-refractivity contribution is -0.154. The summed E-state index contributed by atoms with van der Waals surface area (Å²) in [7, 11) is -3.53. The average Bonchev–Trinajstić information content (AvgIpc) is 2.39. The fraction of sp³-hybridized carbons (Fsp3) is 0.889. The van der Waals surface area contributed by atoms with Crippen LogP contribution in [0.5, 0.6) is 0 Å². The van der Waals surface area contributed by atoms with Crippen LogP contribution in [0.1, 0.15) is 33.6 Å². The van der Waals surface area contributed by atoms with E-state index >= 15 is 0 Å². The molecule has 0 unspecified atom stereocenters. The fourth-order valence-corrected chi connectivity index (χ4v) is 1.37. The molecule has 0 amide bonds. The van der Waals surface area contributed by atoms with Crippen LogP contribution in [-0.4, -0.2) is 40.1 Å². The molecule has 0 aromatic rings. The van der Waals surface area contributed by atoms with E-state index in [4.69, 9.17) is 9.03 Å². The molecule has 0 aromatic carbocycles. The predicted octanol–water partition coefficient (Wildman–Crippen LogP) is 0.272. The van der Waals surface area contributed by atoms with Gasteiger partial charge in [0.2, 0.25) is 0 Å². The zero-order valence-electron chi connectivity index (χ0n) is 12.4. The average molecular weight is 242 g/mol. The summed E-state index contributed by atoms with van der Waals surface area (Å²) >= 11 is 0. The first-order chi connectivity index (χ1) is 8.37. The molecule has 0 saturated heterocycles. The zero-order valence-corrected chi connectivity index (χ0v) is 10.4. The molecule has 0 atom stereocenters. The van der Waals surface area contributed by atoms with Gasteiger partial charge in [-0.1, -0.05) is 6.92 Å². The van der Waals surface area contributed by atoms with Gasteiger partial charge in [0.15, 0.2) is 4.29 Å². The van der Waals surface area contributed by atoms with Crippen molar-refractivity contribution in [2.75, 3.05) is 6.61 Å². The Morgan fingerprint density at radius 3 is 2.53 bits per heavy atom. The first-order valence-electron chi connectivity index (χ1n) is 6.20. The van der Waals surface area contributed by atoms with Crippen molar-refractivity contribution in [1.82, 2.24) is 0 Å². The Kier molecular flexibility index (Phi) is 3.64. The van der Waals surface area contributed by atoms with Crippen molar-refractivity contribution < 1.29 is 23.9 Å². The smallest absolute Gasteiger partial charge is 0.465 e. The van der Waals surface area contributed by atoms with Gasteiger partial charge in [0.1, 0.15) is 0 Å². The molecule has 0 aliphatic carbocycles. The van der Waals surface area contributed by atoms with Crippen molar-refractivity contribution >= 4 is 14.8 Å². The van der Waals surface area contributed by atoms with Gasteiger partial charge in [-0.25, -0.2) is 0 Å². The van der Waals surface area contributed by atoms with Crippen molar-refractivity contribution in [3.8, 4) is 0 Å². The molecule has 0 rings (SSSR count). The summed E-state index contributed by atoms with van der Waals surface area (Å²) < 4.78 is 25.2. The summed E-state index contributed by atoms with van der Waals surface area (Å²) in [5.74, 6) is -0.303. The van der Waals surface area contributed by atoms with Crippen molar-refractivity contribution in [3.05, 3.63) is 0 Å². The van der Waals surface area contributed by atoms with Crippen molar-refractivity contribution in [3.63, 3.8) is 0 Å². The monoisotopic (exact) mass is 242 g/mol. The number of esters is 1. The Bertz CT molecular complexity index is 252. The molecule has 0 heterocycles. The molecule has 0 radical (unpaired) electrons. The molecular formula is C9H20O5Si. The van der Waals surface area contributed by atoms with Gasteiger partial charge in [-0.05, 0) is 26.7 Å². The van der Waals surface area contributed by atoms with Gasteiger partial charge in [-0.15, -0.1) is 0 Å². The van der Waals surface area contributed by atoms with E-state index in [2.05, 4.69) is 14.4 Å². The van der Waals surface area contributed by atoms with E-state index in [1.165, 1.54) is 0 Å². The number of rotatable bonds is 9. The van der Waals surface area contributed by atoms with Crippen LogP contribution in [0.3, 0.4) is 0 Å². The second-order valence-corrected chi connectivity index (χ2v) is 6.03. The third-order valence-electron chi connectivity index (χ3n) is 2.30. The van der Waals surface area contributed by atoms with E-state index in [9.17, 15) is 4.79 Å². The van der Waals surface area contributed by atoms with Crippen LogP contribution in [0, 0.1) is 5.41 Å². The molecular weight excluding hydrogens is 216 g/mol. The maximum Gasteiger partial charge on any atom is 0.492 e. The Morgan fingerprint density at radius 1 is 1.47 bits per heavy atom. The maximum absolute atomic E-state index is 11.6. The van der Waals surface area contributed by atoms with Crippen LogP contribution in [0.4, 0.5) is 0 Å². The van der Waals surface area contributed by atoms with Gasteiger partial charge in [-0.2, -0.15) is 0 Å². The highest BCUT2D eigenvalue weighted by Gasteiger charge is 2.28. The molecule has 15 heavy (non-hydrogen) atoms. The molecule has 0 aromatic heterocycles. The summed E-state index contributed by atoms with van der Waals surface area (Å²) in [5, 5.41) is 0. The summed E-state index contributed by atoms with van der Waals surface area (Å²) in [6, 6.07) is 0.0728. The van der Waals surface area contributed by atoms with Crippen LogP contribution in [0.2, 0.25) is 6.04 Å². The second-order valence-electron chi connectivity index (χ2n) is 4.16. The van der Waals surface area contributed by atoms with Crippen LogP contribution in [0.15, 0.2) is 0 Å². The SMILES string of the molecule is [3H]O[Si](CCCOC(=O)C(C)(C)CC)(O[3H])O[3H]. The van der Waals surface area contributed by atoms with Gasteiger partial charge in [0, 0.05) is 6.04 Å². The lowest BCUT2D eigenvalue weighted by Gasteiger charge is -2.20. The number of hydrogen-bond donors (Lipinski definition) is 3. The zero-order chi connectivity index (χ0) is 14.2. The molecule has 0 aliphatic rings. The normalized spacial score (nSPS) is 15.3. The number of hydrogen-bond acceptors (Lipinski definition) is 5. The summed E-state index contributed by atoms with van der Waals surface area (Å²) in [5.41, 5.74) is -0.529. The topological polar surface area (TPSA) is 87.0 Å². The Morgan fingerprint density at radius 2 is 2.07 bits per heavy atom. The molecule has 0 fully saturated rings. The Balaban J connectivity index is 4.03. The van der Waals surface area contributed by atoms with Gasteiger partial charge < -0.3 is 19.1 Å². The van der Waals surface area contributed by atoms with E-state index in [0.29, 0.717) is 12.8 Å². The predicted molar refractivity (Wildman–Crippen MR) is 56.9 cm³/mol. The number of carbonyl (C=O) groups excluding carboxylic acids is 1. The van der Waals surface area contributed by atoms with Crippen LogP contribution in [-0.2, 0) is 9.53 Å². The van der Waals surface area contributed by atoms with Gasteiger partial charge in [0.05, 0.1) is 12.0 Å². The standard InChI is InChI=1S/C9H20O5Si/c1-4-9(2,3)8(10)14-6-5-7-15(11,12)13/h11-13H,4-7H2,1-3H3/i11T,12T,13T. The fourth-order valence-electron chi connectivity index (χ4n) is 0.793. The highest BCUT2D eigenvalue weighted by Crippen LogP contribution is 2.21. The highest BCUT2D eigenvalue weighted by molar-refractivity contribution is 6.56. The quantitative estimate of drug-likeness (QED) is 0.307. The first kappa shape index (κ1) is 9.77. The van der Waals surface area contributed by atoms with Crippen LogP contribution in [0.25, 0.3) is 0 Å². The van der Waals surface area contributed by atoms with Gasteiger partial charge in [-0.3, -0.25) is 4.79 Å². The van der Waals surface area contributed by atoms with E-state index in [1.807, 2.05) is 6.92 Å². The van der Waals surface area contributed by atoms with Crippen molar-refractivity contribution in [2.45, 2.75) is 39.7 Å².